The van der Waals surface area contributed by atoms with E-state index in [4.69, 9.17) is 4.98 Å². The molecule has 4 heteroatoms. The first-order chi connectivity index (χ1) is 12.3. The van der Waals surface area contributed by atoms with E-state index in [2.05, 4.69) is 72.8 Å². The molecule has 0 N–H and O–H groups in total. The molecule has 0 aliphatic rings. The number of halogens is 1. The first kappa shape index (κ1) is 19.9. The first-order valence-corrected chi connectivity index (χ1v) is 8.51. The minimum absolute atomic E-state index is 0. The molecular weight excluding hydrogens is 408 g/mol. The van der Waals surface area contributed by atoms with Gasteiger partial charge in [-0.3, -0.25) is 4.98 Å². The van der Waals surface area contributed by atoms with Crippen molar-refractivity contribution in [1.82, 2.24) is 9.38 Å². The van der Waals surface area contributed by atoms with E-state index in [-0.39, 0.29) is 40.0 Å². The van der Waals surface area contributed by atoms with Gasteiger partial charge in [0.15, 0.2) is 0 Å². The Hall–Kier alpha value is -1.88. The summed E-state index contributed by atoms with van der Waals surface area (Å²) in [5, 5.41) is 3.50. The molecule has 5 rings (SSSR count). The SMILES string of the molecule is Cc1cccc(C)c1-c1cnc2c3[c-]cccc3c3ccccc3n12.[Br-].[Mg+2]. The quantitative estimate of drug-likeness (QED) is 0.229. The van der Waals surface area contributed by atoms with Gasteiger partial charge in [-0.05, 0) is 36.4 Å². The van der Waals surface area contributed by atoms with Crippen LogP contribution in [0.1, 0.15) is 11.1 Å². The van der Waals surface area contributed by atoms with Crippen LogP contribution in [0.3, 0.4) is 0 Å². The Bertz CT molecular complexity index is 1250. The van der Waals surface area contributed by atoms with E-state index in [1.165, 1.54) is 33.0 Å². The van der Waals surface area contributed by atoms with Crippen LogP contribution in [0, 0.1) is 19.9 Å². The van der Waals surface area contributed by atoms with Gasteiger partial charge in [-0.2, -0.15) is 0 Å². The number of para-hydroxylation sites is 1. The third-order valence-corrected chi connectivity index (χ3v) is 5.01. The number of imidazole rings is 1. The van der Waals surface area contributed by atoms with Gasteiger partial charge >= 0.3 is 23.1 Å². The molecule has 5 aromatic rings. The molecule has 0 saturated heterocycles. The van der Waals surface area contributed by atoms with Crippen LogP contribution < -0.4 is 17.0 Å². The Balaban J connectivity index is 0.00000105. The van der Waals surface area contributed by atoms with Crippen molar-refractivity contribution in [3.05, 3.63) is 84.1 Å². The fraction of sp³-hybridized carbons (Fsp3) is 0.0870. The fourth-order valence-corrected chi connectivity index (χ4v) is 3.91. The summed E-state index contributed by atoms with van der Waals surface area (Å²) < 4.78 is 2.28. The zero-order valence-corrected chi connectivity index (χ0v) is 18.3. The van der Waals surface area contributed by atoms with Gasteiger partial charge in [0.1, 0.15) is 0 Å². The zero-order valence-electron chi connectivity index (χ0n) is 15.3. The molecule has 2 aromatic heterocycles. The molecule has 0 aliphatic heterocycles. The van der Waals surface area contributed by atoms with E-state index in [0.29, 0.717) is 0 Å². The van der Waals surface area contributed by atoms with Crippen LogP contribution in [0.5, 0.6) is 0 Å². The minimum Gasteiger partial charge on any atom is -1.00 e. The van der Waals surface area contributed by atoms with Crippen molar-refractivity contribution in [3.63, 3.8) is 0 Å². The zero-order chi connectivity index (χ0) is 17.0. The first-order valence-electron chi connectivity index (χ1n) is 8.51. The normalized spacial score (nSPS) is 10.7. The molecule has 0 amide bonds. The largest absolute Gasteiger partial charge is 2.00 e. The molecule has 128 valence electrons. The molecule has 0 saturated carbocycles. The van der Waals surface area contributed by atoms with Gasteiger partial charge in [-0.15, -0.1) is 29.7 Å². The summed E-state index contributed by atoms with van der Waals surface area (Å²) >= 11 is 0. The number of nitrogens with zero attached hydrogens (tertiary/aromatic N) is 2. The van der Waals surface area contributed by atoms with Crippen molar-refractivity contribution in [1.29, 1.82) is 0 Å². The molecule has 0 unspecified atom stereocenters. The molecule has 0 bridgehead atoms. The molecule has 0 atom stereocenters. The Morgan fingerprint density at radius 2 is 1.56 bits per heavy atom. The van der Waals surface area contributed by atoms with Gasteiger partial charge in [0.25, 0.3) is 0 Å². The second-order valence-corrected chi connectivity index (χ2v) is 6.55. The summed E-state index contributed by atoms with van der Waals surface area (Å²) in [6, 6.07) is 24.5. The monoisotopic (exact) mass is 424 g/mol. The smallest absolute Gasteiger partial charge is 1.00 e. The number of hydrogen-bond donors (Lipinski definition) is 0. The number of hydrogen-bond acceptors (Lipinski definition) is 1. The van der Waals surface area contributed by atoms with Crippen LogP contribution >= 0.6 is 0 Å². The summed E-state index contributed by atoms with van der Waals surface area (Å²) in [4.78, 5) is 4.79. The maximum absolute atomic E-state index is 4.79. The molecule has 0 radical (unpaired) electrons. The Morgan fingerprint density at radius 1 is 0.852 bits per heavy atom. The standard InChI is InChI=1S/C23H17N2.BrH.Mg/c1-15-8-7-9-16(2)22(15)21-14-24-23-19-12-4-3-10-17(19)18-11-5-6-13-20(18)25(21)23;;/h3-11,13-14H,1-2H3;1H;/q-1;;+2/p-1. The van der Waals surface area contributed by atoms with Gasteiger partial charge in [-0.1, -0.05) is 41.8 Å². The maximum Gasteiger partial charge on any atom is 2.00 e. The van der Waals surface area contributed by atoms with Gasteiger partial charge in [0.05, 0.1) is 11.3 Å². The fourth-order valence-electron chi connectivity index (χ4n) is 3.91. The van der Waals surface area contributed by atoms with Crippen LogP contribution in [-0.4, -0.2) is 32.4 Å². The number of aromatic nitrogens is 2. The molecule has 0 fully saturated rings. The van der Waals surface area contributed by atoms with E-state index >= 15 is 0 Å². The van der Waals surface area contributed by atoms with Gasteiger partial charge in [-0.25, -0.2) is 0 Å². The third-order valence-electron chi connectivity index (χ3n) is 5.01. The van der Waals surface area contributed by atoms with Crippen molar-refractivity contribution in [2.45, 2.75) is 13.8 Å². The molecule has 0 aliphatic carbocycles. The van der Waals surface area contributed by atoms with Crippen LogP contribution in [0.2, 0.25) is 0 Å². The van der Waals surface area contributed by atoms with Crippen molar-refractivity contribution in [2.24, 2.45) is 0 Å². The van der Waals surface area contributed by atoms with E-state index < -0.39 is 0 Å². The average molecular weight is 426 g/mol. The number of rotatable bonds is 1. The van der Waals surface area contributed by atoms with Crippen molar-refractivity contribution in [3.8, 4) is 11.3 Å². The number of fused-ring (bicyclic) bond motifs is 6. The summed E-state index contributed by atoms with van der Waals surface area (Å²) in [7, 11) is 0. The molecule has 3 aromatic carbocycles. The predicted molar refractivity (Wildman–Crippen MR) is 110 cm³/mol. The maximum atomic E-state index is 4.79. The molecule has 27 heavy (non-hydrogen) atoms. The minimum atomic E-state index is 0. The Labute approximate surface area is 185 Å². The summed E-state index contributed by atoms with van der Waals surface area (Å²) in [5.41, 5.74) is 7.08. The second-order valence-electron chi connectivity index (χ2n) is 6.55. The average Bonchev–Trinajstić information content (AvgIpc) is 3.07. The number of benzene rings is 3. The van der Waals surface area contributed by atoms with Gasteiger partial charge < -0.3 is 21.4 Å². The Morgan fingerprint density at radius 3 is 2.33 bits per heavy atom. The topological polar surface area (TPSA) is 17.3 Å². The molecule has 0 spiro atoms. The van der Waals surface area contributed by atoms with Crippen LogP contribution in [0.4, 0.5) is 0 Å². The Kier molecular flexibility index (Phi) is 5.61. The number of aryl methyl sites for hydroxylation is 2. The second kappa shape index (κ2) is 7.62. The molecule has 2 nitrogen and oxygen atoms in total. The number of pyridine rings is 1. The van der Waals surface area contributed by atoms with Crippen molar-refractivity contribution < 1.29 is 17.0 Å². The van der Waals surface area contributed by atoms with Crippen LogP contribution in [0.25, 0.3) is 38.6 Å². The van der Waals surface area contributed by atoms with E-state index in [1.807, 2.05) is 18.3 Å². The summed E-state index contributed by atoms with van der Waals surface area (Å²) in [5.74, 6) is 0. The van der Waals surface area contributed by atoms with Crippen molar-refractivity contribution in [2.75, 3.05) is 0 Å². The summed E-state index contributed by atoms with van der Waals surface area (Å²) in [6.45, 7) is 4.33. The predicted octanol–water partition coefficient (Wildman–Crippen LogP) is 2.35. The van der Waals surface area contributed by atoms with Crippen LogP contribution in [-0.2, 0) is 0 Å². The van der Waals surface area contributed by atoms with E-state index in [1.54, 1.807) is 0 Å². The van der Waals surface area contributed by atoms with Crippen LogP contribution in [0.15, 0.2) is 66.9 Å². The molecule has 2 heterocycles. The van der Waals surface area contributed by atoms with Gasteiger partial charge in [0, 0.05) is 17.3 Å². The van der Waals surface area contributed by atoms with E-state index in [0.717, 1.165) is 16.7 Å². The van der Waals surface area contributed by atoms with Gasteiger partial charge in [0.2, 0.25) is 0 Å². The van der Waals surface area contributed by atoms with Crippen molar-refractivity contribution >= 4 is 50.4 Å². The summed E-state index contributed by atoms with van der Waals surface area (Å²) in [6.07, 6.45) is 2.00. The molecular formula is C23H17BrMgN2. The van der Waals surface area contributed by atoms with E-state index in [9.17, 15) is 0 Å². The third kappa shape index (κ3) is 2.96.